The second-order valence-corrected chi connectivity index (χ2v) is 7.16. The number of hydrogen-bond acceptors (Lipinski definition) is 3. The molecule has 7 heteroatoms. The molecule has 0 saturated carbocycles. The molecule has 2 aromatic carbocycles. The number of benzene rings is 2. The fourth-order valence-electron chi connectivity index (χ4n) is 3.34. The fraction of sp³-hybridized carbons (Fsp3) is 0.238. The van der Waals surface area contributed by atoms with Crippen molar-refractivity contribution in [1.82, 2.24) is 19.6 Å². The van der Waals surface area contributed by atoms with E-state index in [1.165, 1.54) is 6.07 Å². The Hall–Kier alpha value is -2.70. The highest BCUT2D eigenvalue weighted by Gasteiger charge is 2.24. The molecule has 0 N–H and O–H groups in total. The third kappa shape index (κ3) is 3.93. The number of carbonyl (C=O) groups is 1. The van der Waals surface area contributed by atoms with E-state index in [-0.39, 0.29) is 11.7 Å². The van der Waals surface area contributed by atoms with E-state index in [4.69, 9.17) is 11.6 Å². The third-order valence-corrected chi connectivity index (χ3v) is 5.29. The van der Waals surface area contributed by atoms with Crippen molar-refractivity contribution in [3.8, 4) is 5.69 Å². The Balaban J connectivity index is 1.37. The lowest BCUT2D eigenvalue weighted by molar-refractivity contribution is 0.0621. The molecule has 28 heavy (non-hydrogen) atoms. The van der Waals surface area contributed by atoms with Crippen LogP contribution in [0.1, 0.15) is 16.1 Å². The van der Waals surface area contributed by atoms with E-state index in [1.54, 1.807) is 34.0 Å². The topological polar surface area (TPSA) is 41.4 Å². The molecule has 0 atom stereocenters. The number of nitrogens with zero attached hydrogens (tertiary/aromatic N) is 4. The Morgan fingerprint density at radius 3 is 2.46 bits per heavy atom. The van der Waals surface area contributed by atoms with Crippen LogP contribution in [-0.4, -0.2) is 51.7 Å². The number of hydrogen-bond donors (Lipinski definition) is 0. The van der Waals surface area contributed by atoms with Gasteiger partial charge in [-0.3, -0.25) is 9.69 Å². The quantitative estimate of drug-likeness (QED) is 0.674. The maximum absolute atomic E-state index is 14.0. The van der Waals surface area contributed by atoms with E-state index in [0.29, 0.717) is 49.0 Å². The van der Waals surface area contributed by atoms with E-state index < -0.39 is 0 Å². The van der Waals surface area contributed by atoms with Crippen LogP contribution in [0.5, 0.6) is 0 Å². The summed E-state index contributed by atoms with van der Waals surface area (Å²) in [6.07, 6.45) is 1.79. The maximum atomic E-state index is 14.0. The first-order valence-corrected chi connectivity index (χ1v) is 9.55. The first kappa shape index (κ1) is 18.7. The summed E-state index contributed by atoms with van der Waals surface area (Å²) in [4.78, 5) is 16.7. The van der Waals surface area contributed by atoms with Gasteiger partial charge in [-0.1, -0.05) is 35.9 Å². The van der Waals surface area contributed by atoms with Crippen LogP contribution in [0.4, 0.5) is 4.39 Å². The summed E-state index contributed by atoms with van der Waals surface area (Å²) in [6.45, 7) is 2.91. The van der Waals surface area contributed by atoms with Crippen molar-refractivity contribution in [2.75, 3.05) is 26.2 Å². The van der Waals surface area contributed by atoms with Gasteiger partial charge < -0.3 is 4.90 Å². The second kappa shape index (κ2) is 8.12. The van der Waals surface area contributed by atoms with Crippen molar-refractivity contribution >= 4 is 17.5 Å². The lowest BCUT2D eigenvalue weighted by Crippen LogP contribution is -2.48. The van der Waals surface area contributed by atoms with Gasteiger partial charge in [-0.05, 0) is 30.3 Å². The van der Waals surface area contributed by atoms with Gasteiger partial charge in [-0.25, -0.2) is 9.07 Å². The largest absolute Gasteiger partial charge is 0.335 e. The van der Waals surface area contributed by atoms with Crippen LogP contribution >= 0.6 is 11.6 Å². The number of piperazine rings is 1. The Morgan fingerprint density at radius 2 is 1.75 bits per heavy atom. The monoisotopic (exact) mass is 398 g/mol. The van der Waals surface area contributed by atoms with E-state index in [1.807, 2.05) is 30.3 Å². The van der Waals surface area contributed by atoms with E-state index in [0.717, 1.165) is 5.69 Å². The third-order valence-electron chi connectivity index (χ3n) is 4.93. The zero-order valence-corrected chi connectivity index (χ0v) is 16.0. The normalized spacial score (nSPS) is 15.0. The molecule has 0 spiro atoms. The van der Waals surface area contributed by atoms with Crippen LogP contribution in [-0.2, 0) is 6.54 Å². The van der Waals surface area contributed by atoms with Crippen LogP contribution in [0.2, 0.25) is 5.02 Å². The molecule has 144 valence electrons. The summed E-state index contributed by atoms with van der Waals surface area (Å²) >= 11 is 6.12. The molecule has 0 unspecified atom stereocenters. The van der Waals surface area contributed by atoms with Gasteiger partial charge in [-0.15, -0.1) is 0 Å². The number of halogens is 2. The predicted octanol–water partition coefficient (Wildman–Crippen LogP) is 3.62. The Kier molecular flexibility index (Phi) is 5.41. The lowest BCUT2D eigenvalue weighted by atomic mass is 10.1. The summed E-state index contributed by atoms with van der Waals surface area (Å²) in [5.41, 5.74) is 1.84. The van der Waals surface area contributed by atoms with E-state index in [9.17, 15) is 9.18 Å². The molecule has 2 heterocycles. The molecule has 1 saturated heterocycles. The van der Waals surface area contributed by atoms with Gasteiger partial charge in [0.15, 0.2) is 5.69 Å². The maximum Gasteiger partial charge on any atom is 0.274 e. The molecule has 1 aliphatic rings. The highest BCUT2D eigenvalue weighted by molar-refractivity contribution is 6.31. The Morgan fingerprint density at radius 1 is 1.00 bits per heavy atom. The first-order chi connectivity index (χ1) is 13.6. The van der Waals surface area contributed by atoms with Gasteiger partial charge in [-0.2, -0.15) is 5.10 Å². The molecule has 0 bridgehead atoms. The summed E-state index contributed by atoms with van der Waals surface area (Å²) < 4.78 is 15.7. The highest BCUT2D eigenvalue weighted by Crippen LogP contribution is 2.21. The Bertz CT molecular complexity index is 947. The smallest absolute Gasteiger partial charge is 0.274 e. The number of aromatic nitrogens is 2. The molecule has 1 amide bonds. The summed E-state index contributed by atoms with van der Waals surface area (Å²) in [6, 6.07) is 16.1. The average Bonchev–Trinajstić information content (AvgIpc) is 3.22. The van der Waals surface area contributed by atoms with Gasteiger partial charge in [0.1, 0.15) is 5.82 Å². The van der Waals surface area contributed by atoms with Crippen molar-refractivity contribution in [2.45, 2.75) is 6.54 Å². The first-order valence-electron chi connectivity index (χ1n) is 9.17. The molecule has 1 aromatic heterocycles. The molecule has 3 aromatic rings. The molecule has 0 aliphatic carbocycles. The molecular formula is C21H20ClFN4O. The lowest BCUT2D eigenvalue weighted by Gasteiger charge is -2.34. The van der Waals surface area contributed by atoms with Crippen LogP contribution < -0.4 is 0 Å². The van der Waals surface area contributed by atoms with Crippen molar-refractivity contribution in [3.05, 3.63) is 82.9 Å². The number of rotatable bonds is 4. The summed E-state index contributed by atoms with van der Waals surface area (Å²) in [5, 5.41) is 4.85. The number of carbonyl (C=O) groups excluding carboxylic acids is 1. The van der Waals surface area contributed by atoms with Crippen molar-refractivity contribution in [2.24, 2.45) is 0 Å². The molecule has 1 aliphatic heterocycles. The standard InChI is InChI=1S/C21H20ClFN4O/c22-18-7-4-8-19(23)17(18)15-25-11-13-26(14-12-25)21(28)20-9-10-27(24-20)16-5-2-1-3-6-16/h1-10H,11-15H2. The van der Waals surface area contributed by atoms with Crippen molar-refractivity contribution < 1.29 is 9.18 Å². The zero-order valence-electron chi connectivity index (χ0n) is 15.3. The minimum atomic E-state index is -0.294. The predicted molar refractivity (Wildman–Crippen MR) is 106 cm³/mol. The molecular weight excluding hydrogens is 379 g/mol. The second-order valence-electron chi connectivity index (χ2n) is 6.75. The minimum Gasteiger partial charge on any atom is -0.335 e. The van der Waals surface area contributed by atoms with Gasteiger partial charge in [0.25, 0.3) is 5.91 Å². The van der Waals surface area contributed by atoms with Crippen molar-refractivity contribution in [3.63, 3.8) is 0 Å². The SMILES string of the molecule is O=C(c1ccn(-c2ccccc2)n1)N1CCN(Cc2c(F)cccc2Cl)CC1. The number of amides is 1. The van der Waals surface area contributed by atoms with E-state index in [2.05, 4.69) is 10.00 Å². The van der Waals surface area contributed by atoms with Crippen molar-refractivity contribution in [1.29, 1.82) is 0 Å². The number of para-hydroxylation sites is 1. The highest BCUT2D eigenvalue weighted by atomic mass is 35.5. The fourth-order valence-corrected chi connectivity index (χ4v) is 3.56. The molecule has 4 rings (SSSR count). The van der Waals surface area contributed by atoms with Gasteiger partial charge in [0.05, 0.1) is 5.69 Å². The van der Waals surface area contributed by atoms with Gasteiger partial charge in [0.2, 0.25) is 0 Å². The zero-order chi connectivity index (χ0) is 19.5. The Labute approximate surface area is 167 Å². The van der Waals surface area contributed by atoms with Crippen LogP contribution in [0, 0.1) is 5.82 Å². The van der Waals surface area contributed by atoms with Gasteiger partial charge in [0, 0.05) is 49.5 Å². The summed E-state index contributed by atoms with van der Waals surface area (Å²) in [7, 11) is 0. The van der Waals surface area contributed by atoms with Crippen LogP contribution in [0.3, 0.4) is 0 Å². The van der Waals surface area contributed by atoms with Crippen LogP contribution in [0.25, 0.3) is 5.69 Å². The minimum absolute atomic E-state index is 0.0849. The molecule has 0 radical (unpaired) electrons. The molecule has 1 fully saturated rings. The van der Waals surface area contributed by atoms with Crippen LogP contribution in [0.15, 0.2) is 60.8 Å². The molecule has 5 nitrogen and oxygen atoms in total. The summed E-state index contributed by atoms with van der Waals surface area (Å²) in [5.74, 6) is -0.379. The van der Waals surface area contributed by atoms with Gasteiger partial charge >= 0.3 is 0 Å². The average molecular weight is 399 g/mol. The van der Waals surface area contributed by atoms with E-state index >= 15 is 0 Å².